The Morgan fingerprint density at radius 1 is 1.32 bits per heavy atom. The molecule has 2 N–H and O–H groups in total. The number of carbonyl (C=O) groups excluding carboxylic acids is 1. The lowest BCUT2D eigenvalue weighted by Gasteiger charge is -2.13. The lowest BCUT2D eigenvalue weighted by molar-refractivity contribution is -0.114. The normalized spacial score (nSPS) is 12.8. The minimum absolute atomic E-state index is 0.132. The smallest absolute Gasteiger partial charge is 0.240 e. The Bertz CT molecular complexity index is 726. The van der Waals surface area contributed by atoms with Gasteiger partial charge in [0.1, 0.15) is 12.7 Å². The minimum Gasteiger partial charge on any atom is -0.326 e. The fraction of sp³-hybridized carbons (Fsp3) is 0.308. The topological polar surface area (TPSA) is 106 Å². The highest BCUT2D eigenvalue weighted by molar-refractivity contribution is 7.89. The number of hydrogen-bond acceptors (Lipinski definition) is 5. The average Bonchev–Trinajstić information content (AvgIpc) is 2.99. The third-order valence-electron chi connectivity index (χ3n) is 2.94. The van der Waals surface area contributed by atoms with Crippen molar-refractivity contribution in [2.45, 2.75) is 24.8 Å². The molecule has 0 unspecified atom stereocenters. The lowest BCUT2D eigenvalue weighted by Crippen LogP contribution is -2.29. The summed E-state index contributed by atoms with van der Waals surface area (Å²) in [6.45, 7) is 3.41. The second kappa shape index (κ2) is 6.67. The number of carbonyl (C=O) groups is 1. The molecule has 22 heavy (non-hydrogen) atoms. The number of benzene rings is 1. The van der Waals surface area contributed by atoms with Crippen LogP contribution in [0, 0.1) is 0 Å². The van der Waals surface area contributed by atoms with E-state index in [4.69, 9.17) is 0 Å². The summed E-state index contributed by atoms with van der Waals surface area (Å²) in [6.07, 6.45) is 2.92. The minimum atomic E-state index is -3.62. The molecule has 0 fully saturated rings. The first-order valence-electron chi connectivity index (χ1n) is 6.60. The SMILES string of the molecule is CC(=O)Nc1ccc(S(=O)(=O)NC[C@@H](C)n2cncn2)cc1. The van der Waals surface area contributed by atoms with E-state index >= 15 is 0 Å². The molecule has 0 bridgehead atoms. The number of aromatic nitrogens is 3. The molecule has 1 amide bonds. The Morgan fingerprint density at radius 3 is 2.55 bits per heavy atom. The molecule has 1 aromatic heterocycles. The molecule has 2 aromatic rings. The zero-order valence-corrected chi connectivity index (χ0v) is 13.0. The number of nitrogens with one attached hydrogen (secondary N) is 2. The van der Waals surface area contributed by atoms with Crippen molar-refractivity contribution in [3.05, 3.63) is 36.9 Å². The molecule has 118 valence electrons. The van der Waals surface area contributed by atoms with E-state index < -0.39 is 10.0 Å². The van der Waals surface area contributed by atoms with Crippen LogP contribution in [0.5, 0.6) is 0 Å². The summed E-state index contributed by atoms with van der Waals surface area (Å²) < 4.78 is 28.5. The first kappa shape index (κ1) is 16.1. The second-order valence-corrected chi connectivity index (χ2v) is 6.55. The summed E-state index contributed by atoms with van der Waals surface area (Å²) in [5.74, 6) is -0.213. The third-order valence-corrected chi connectivity index (χ3v) is 4.38. The molecule has 8 nitrogen and oxygen atoms in total. The van der Waals surface area contributed by atoms with Crippen LogP contribution in [-0.4, -0.2) is 35.6 Å². The van der Waals surface area contributed by atoms with E-state index in [1.54, 1.807) is 4.68 Å². The number of sulfonamides is 1. The van der Waals surface area contributed by atoms with Gasteiger partial charge in [0.25, 0.3) is 0 Å². The first-order valence-corrected chi connectivity index (χ1v) is 8.08. The van der Waals surface area contributed by atoms with E-state index in [-0.39, 0.29) is 23.4 Å². The third kappa shape index (κ3) is 4.12. The van der Waals surface area contributed by atoms with Crippen LogP contribution >= 0.6 is 0 Å². The maximum absolute atomic E-state index is 12.2. The summed E-state index contributed by atoms with van der Waals surface area (Å²) in [6, 6.07) is 5.80. The number of amides is 1. The highest BCUT2D eigenvalue weighted by Crippen LogP contribution is 2.14. The van der Waals surface area contributed by atoms with E-state index in [9.17, 15) is 13.2 Å². The summed E-state index contributed by atoms with van der Waals surface area (Å²) >= 11 is 0. The Morgan fingerprint density at radius 2 is 2.00 bits per heavy atom. The van der Waals surface area contributed by atoms with Gasteiger partial charge in [-0.15, -0.1) is 0 Å². The van der Waals surface area contributed by atoms with Gasteiger partial charge in [0.2, 0.25) is 15.9 Å². The van der Waals surface area contributed by atoms with Gasteiger partial charge < -0.3 is 5.32 Å². The van der Waals surface area contributed by atoms with Crippen molar-refractivity contribution < 1.29 is 13.2 Å². The van der Waals surface area contributed by atoms with Crippen LogP contribution < -0.4 is 10.0 Å². The van der Waals surface area contributed by atoms with Crippen molar-refractivity contribution in [3.8, 4) is 0 Å². The van der Waals surface area contributed by atoms with Crippen LogP contribution in [0.2, 0.25) is 0 Å². The predicted octanol–water partition coefficient (Wildman–Crippen LogP) is 0.776. The lowest BCUT2D eigenvalue weighted by atomic mass is 10.3. The first-order chi connectivity index (χ1) is 10.4. The molecule has 2 rings (SSSR count). The Kier molecular flexibility index (Phi) is 4.88. The number of hydrogen-bond donors (Lipinski definition) is 2. The standard InChI is InChI=1S/C13H17N5O3S/c1-10(18-9-14-8-15-18)7-16-22(20,21)13-5-3-12(4-6-13)17-11(2)19/h3-6,8-10,16H,7H2,1-2H3,(H,17,19)/t10-/m1/s1. The molecule has 0 aliphatic heterocycles. The molecule has 9 heteroatoms. The zero-order valence-electron chi connectivity index (χ0n) is 12.2. The zero-order chi connectivity index (χ0) is 16.2. The van der Waals surface area contributed by atoms with Gasteiger partial charge in [0.05, 0.1) is 10.9 Å². The second-order valence-electron chi connectivity index (χ2n) is 4.78. The quantitative estimate of drug-likeness (QED) is 0.817. The maximum Gasteiger partial charge on any atom is 0.240 e. The average molecular weight is 323 g/mol. The summed E-state index contributed by atoms with van der Waals surface area (Å²) in [5.41, 5.74) is 0.544. The van der Waals surface area contributed by atoms with Crippen LogP contribution in [0.1, 0.15) is 19.9 Å². The maximum atomic E-state index is 12.2. The highest BCUT2D eigenvalue weighted by Gasteiger charge is 2.16. The summed E-state index contributed by atoms with van der Waals surface area (Å²) in [4.78, 5) is 14.9. The number of rotatable bonds is 6. The Labute approximate surface area is 128 Å². The number of nitrogens with zero attached hydrogens (tertiary/aromatic N) is 3. The van der Waals surface area contributed by atoms with Crippen LogP contribution in [0.25, 0.3) is 0 Å². The van der Waals surface area contributed by atoms with Crippen molar-refractivity contribution in [1.82, 2.24) is 19.5 Å². The molecular weight excluding hydrogens is 306 g/mol. The van der Waals surface area contributed by atoms with Crippen molar-refractivity contribution in [2.75, 3.05) is 11.9 Å². The van der Waals surface area contributed by atoms with Gasteiger partial charge in [-0.3, -0.25) is 4.79 Å². The molecule has 1 heterocycles. The summed E-state index contributed by atoms with van der Waals surface area (Å²) in [7, 11) is -3.62. The van der Waals surface area contributed by atoms with E-state index in [0.29, 0.717) is 5.69 Å². The van der Waals surface area contributed by atoms with Gasteiger partial charge in [-0.25, -0.2) is 22.8 Å². The van der Waals surface area contributed by atoms with Crippen molar-refractivity contribution >= 4 is 21.6 Å². The Hall–Kier alpha value is -2.26. The van der Waals surface area contributed by atoms with Gasteiger partial charge in [-0.2, -0.15) is 5.10 Å². The fourth-order valence-electron chi connectivity index (χ4n) is 1.77. The molecule has 0 aliphatic rings. The molecule has 0 radical (unpaired) electrons. The van der Waals surface area contributed by atoms with Crippen molar-refractivity contribution in [1.29, 1.82) is 0 Å². The number of anilines is 1. The molecule has 0 saturated carbocycles. The van der Waals surface area contributed by atoms with E-state index in [1.165, 1.54) is 43.8 Å². The van der Waals surface area contributed by atoms with Crippen LogP contribution in [0.15, 0.2) is 41.8 Å². The molecule has 0 spiro atoms. The van der Waals surface area contributed by atoms with Gasteiger partial charge >= 0.3 is 0 Å². The van der Waals surface area contributed by atoms with Crippen LogP contribution in [0.3, 0.4) is 0 Å². The van der Waals surface area contributed by atoms with E-state index in [0.717, 1.165) is 0 Å². The molecule has 0 saturated heterocycles. The predicted molar refractivity (Wildman–Crippen MR) is 80.7 cm³/mol. The van der Waals surface area contributed by atoms with E-state index in [2.05, 4.69) is 20.1 Å². The summed E-state index contributed by atoms with van der Waals surface area (Å²) in [5, 5.41) is 6.54. The molecule has 1 aromatic carbocycles. The fourth-order valence-corrected chi connectivity index (χ4v) is 2.89. The van der Waals surface area contributed by atoms with Crippen molar-refractivity contribution in [3.63, 3.8) is 0 Å². The monoisotopic (exact) mass is 323 g/mol. The van der Waals surface area contributed by atoms with Crippen LogP contribution in [0.4, 0.5) is 5.69 Å². The Balaban J connectivity index is 2.02. The van der Waals surface area contributed by atoms with Gasteiger partial charge in [-0.05, 0) is 31.2 Å². The van der Waals surface area contributed by atoms with Gasteiger partial charge in [0.15, 0.2) is 0 Å². The highest BCUT2D eigenvalue weighted by atomic mass is 32.2. The van der Waals surface area contributed by atoms with E-state index in [1.807, 2.05) is 6.92 Å². The van der Waals surface area contributed by atoms with Crippen LogP contribution in [-0.2, 0) is 14.8 Å². The largest absolute Gasteiger partial charge is 0.326 e. The van der Waals surface area contributed by atoms with Gasteiger partial charge in [0, 0.05) is 19.2 Å². The van der Waals surface area contributed by atoms with Gasteiger partial charge in [-0.1, -0.05) is 0 Å². The van der Waals surface area contributed by atoms with Crippen molar-refractivity contribution in [2.24, 2.45) is 0 Å². The molecule has 0 aliphatic carbocycles. The molecular formula is C13H17N5O3S. The molecule has 1 atom stereocenters.